The summed E-state index contributed by atoms with van der Waals surface area (Å²) in [5, 5.41) is 8.01. The first-order valence-electron chi connectivity index (χ1n) is 8.36. The Balaban J connectivity index is 1.86. The summed E-state index contributed by atoms with van der Waals surface area (Å²) in [5.41, 5.74) is 2.41. The summed E-state index contributed by atoms with van der Waals surface area (Å²) in [7, 11) is 1.55. The maximum atomic E-state index is 13.3. The first-order chi connectivity index (χ1) is 12.5. The van der Waals surface area contributed by atoms with Crippen LogP contribution in [0.3, 0.4) is 0 Å². The highest BCUT2D eigenvalue weighted by atomic mass is 19.2. The SMILES string of the molecule is CNC(=O)N[C@H]1CCCc2c(C(=O)Nc3ccc(F)c(F)c3)cccc21. The fourth-order valence-corrected chi connectivity index (χ4v) is 3.21. The van der Waals surface area contributed by atoms with Crippen molar-refractivity contribution in [1.82, 2.24) is 10.6 Å². The molecule has 1 aliphatic carbocycles. The fourth-order valence-electron chi connectivity index (χ4n) is 3.21. The standard InChI is InChI=1S/C19H19F2N3O2/c1-22-19(26)24-17-7-3-4-12-13(17)5-2-6-14(12)18(25)23-11-8-9-15(20)16(21)10-11/h2,5-6,8-10,17H,3-4,7H2,1H3,(H,23,25)(H2,22,24,26)/t17-/m0/s1. The third-order valence-corrected chi connectivity index (χ3v) is 4.46. The number of carbonyl (C=O) groups excluding carboxylic acids is 2. The summed E-state index contributed by atoms with van der Waals surface area (Å²) in [6, 6.07) is 8.10. The predicted octanol–water partition coefficient (Wildman–Crippen LogP) is 3.52. The Morgan fingerprint density at radius 1 is 1.12 bits per heavy atom. The van der Waals surface area contributed by atoms with Gasteiger partial charge in [0, 0.05) is 24.4 Å². The summed E-state index contributed by atoms with van der Waals surface area (Å²) in [5.74, 6) is -2.38. The molecule has 0 radical (unpaired) electrons. The predicted molar refractivity (Wildman–Crippen MR) is 94.0 cm³/mol. The van der Waals surface area contributed by atoms with Crippen LogP contribution in [0.5, 0.6) is 0 Å². The number of anilines is 1. The Hall–Kier alpha value is -2.96. The molecule has 2 aromatic rings. The Morgan fingerprint density at radius 2 is 1.92 bits per heavy atom. The van der Waals surface area contributed by atoms with Gasteiger partial charge in [-0.05, 0) is 48.6 Å². The highest BCUT2D eigenvalue weighted by Gasteiger charge is 2.25. The van der Waals surface area contributed by atoms with E-state index < -0.39 is 17.5 Å². The molecular formula is C19H19F2N3O2. The second-order valence-corrected chi connectivity index (χ2v) is 6.12. The number of nitrogens with one attached hydrogen (secondary N) is 3. The zero-order valence-corrected chi connectivity index (χ0v) is 14.2. The second kappa shape index (κ2) is 7.51. The zero-order valence-electron chi connectivity index (χ0n) is 14.2. The minimum absolute atomic E-state index is 0.172. The highest BCUT2D eigenvalue weighted by Crippen LogP contribution is 2.32. The molecule has 0 aromatic heterocycles. The molecule has 0 saturated heterocycles. The number of carbonyl (C=O) groups is 2. The van der Waals surface area contributed by atoms with E-state index in [-0.39, 0.29) is 17.8 Å². The minimum atomic E-state index is -1.02. The van der Waals surface area contributed by atoms with Gasteiger partial charge in [-0.3, -0.25) is 4.79 Å². The number of benzene rings is 2. The van der Waals surface area contributed by atoms with Crippen LogP contribution in [0.4, 0.5) is 19.3 Å². The summed E-state index contributed by atoms with van der Waals surface area (Å²) < 4.78 is 26.4. The Bertz CT molecular complexity index is 855. The van der Waals surface area contributed by atoms with Crippen molar-refractivity contribution in [3.8, 4) is 0 Å². The van der Waals surface area contributed by atoms with Crippen LogP contribution in [0.2, 0.25) is 0 Å². The lowest BCUT2D eigenvalue weighted by molar-refractivity contribution is 0.102. The van der Waals surface area contributed by atoms with E-state index in [0.29, 0.717) is 12.0 Å². The maximum absolute atomic E-state index is 13.3. The van der Waals surface area contributed by atoms with Crippen LogP contribution in [0.15, 0.2) is 36.4 Å². The quantitative estimate of drug-likeness (QED) is 0.785. The lowest BCUT2D eigenvalue weighted by atomic mass is 9.84. The molecule has 3 N–H and O–H groups in total. The van der Waals surface area contributed by atoms with Gasteiger partial charge in [-0.15, -0.1) is 0 Å². The summed E-state index contributed by atoms with van der Waals surface area (Å²) in [4.78, 5) is 24.3. The van der Waals surface area contributed by atoms with Gasteiger partial charge < -0.3 is 16.0 Å². The van der Waals surface area contributed by atoms with Crippen LogP contribution in [0, 0.1) is 11.6 Å². The Labute approximate surface area is 149 Å². The van der Waals surface area contributed by atoms with Gasteiger partial charge in [-0.1, -0.05) is 12.1 Å². The number of urea groups is 1. The maximum Gasteiger partial charge on any atom is 0.315 e. The van der Waals surface area contributed by atoms with E-state index in [2.05, 4.69) is 16.0 Å². The molecule has 0 heterocycles. The van der Waals surface area contributed by atoms with Crippen molar-refractivity contribution in [3.63, 3.8) is 0 Å². The number of halogens is 2. The molecule has 0 bridgehead atoms. The Kier molecular flexibility index (Phi) is 5.16. The van der Waals surface area contributed by atoms with E-state index in [0.717, 1.165) is 36.1 Å². The van der Waals surface area contributed by atoms with Crippen molar-refractivity contribution in [1.29, 1.82) is 0 Å². The van der Waals surface area contributed by atoms with Crippen molar-refractivity contribution in [3.05, 3.63) is 64.7 Å². The molecule has 2 aromatic carbocycles. The van der Waals surface area contributed by atoms with Crippen LogP contribution in [-0.4, -0.2) is 19.0 Å². The van der Waals surface area contributed by atoms with E-state index in [1.54, 1.807) is 19.2 Å². The number of hydrogen-bond acceptors (Lipinski definition) is 2. The molecule has 1 atom stereocenters. The number of rotatable bonds is 3. The van der Waals surface area contributed by atoms with Gasteiger partial charge in [-0.25, -0.2) is 13.6 Å². The van der Waals surface area contributed by atoms with Crippen molar-refractivity contribution >= 4 is 17.6 Å². The van der Waals surface area contributed by atoms with E-state index in [1.807, 2.05) is 6.07 Å². The zero-order chi connectivity index (χ0) is 18.7. The fraction of sp³-hybridized carbons (Fsp3) is 0.263. The van der Waals surface area contributed by atoms with E-state index in [1.165, 1.54) is 6.07 Å². The van der Waals surface area contributed by atoms with Gasteiger partial charge in [0.15, 0.2) is 11.6 Å². The molecule has 136 valence electrons. The number of fused-ring (bicyclic) bond motifs is 1. The van der Waals surface area contributed by atoms with Gasteiger partial charge in [0.05, 0.1) is 6.04 Å². The van der Waals surface area contributed by atoms with Crippen molar-refractivity contribution in [2.45, 2.75) is 25.3 Å². The second-order valence-electron chi connectivity index (χ2n) is 6.12. The van der Waals surface area contributed by atoms with Crippen LogP contribution in [-0.2, 0) is 6.42 Å². The largest absolute Gasteiger partial charge is 0.341 e. The summed E-state index contributed by atoms with van der Waals surface area (Å²) in [6.07, 6.45) is 2.33. The third-order valence-electron chi connectivity index (χ3n) is 4.46. The normalized spacial score (nSPS) is 15.7. The molecule has 0 saturated carbocycles. The van der Waals surface area contributed by atoms with E-state index in [4.69, 9.17) is 0 Å². The monoisotopic (exact) mass is 359 g/mol. The van der Waals surface area contributed by atoms with Crippen LogP contribution in [0.25, 0.3) is 0 Å². The van der Waals surface area contributed by atoms with E-state index in [9.17, 15) is 18.4 Å². The number of hydrogen-bond donors (Lipinski definition) is 3. The average molecular weight is 359 g/mol. The van der Waals surface area contributed by atoms with Crippen LogP contribution < -0.4 is 16.0 Å². The van der Waals surface area contributed by atoms with Crippen molar-refractivity contribution in [2.24, 2.45) is 0 Å². The molecule has 0 unspecified atom stereocenters. The molecule has 0 spiro atoms. The average Bonchev–Trinajstić information content (AvgIpc) is 2.64. The Morgan fingerprint density at radius 3 is 2.65 bits per heavy atom. The van der Waals surface area contributed by atoms with Gasteiger partial charge in [-0.2, -0.15) is 0 Å². The number of amides is 3. The van der Waals surface area contributed by atoms with Crippen molar-refractivity contribution in [2.75, 3.05) is 12.4 Å². The van der Waals surface area contributed by atoms with Gasteiger partial charge in [0.1, 0.15) is 0 Å². The van der Waals surface area contributed by atoms with E-state index >= 15 is 0 Å². The van der Waals surface area contributed by atoms with Gasteiger partial charge in [0.25, 0.3) is 5.91 Å². The molecular weight excluding hydrogens is 340 g/mol. The molecule has 0 fully saturated rings. The first kappa shape index (κ1) is 17.8. The summed E-state index contributed by atoms with van der Waals surface area (Å²) >= 11 is 0. The van der Waals surface area contributed by atoms with Crippen LogP contribution in [0.1, 0.15) is 40.4 Å². The molecule has 0 aliphatic heterocycles. The molecule has 3 rings (SSSR count). The highest BCUT2D eigenvalue weighted by molar-refractivity contribution is 6.05. The topological polar surface area (TPSA) is 70.2 Å². The van der Waals surface area contributed by atoms with Crippen LogP contribution >= 0.6 is 0 Å². The lowest BCUT2D eigenvalue weighted by Gasteiger charge is -2.27. The lowest BCUT2D eigenvalue weighted by Crippen LogP contribution is -2.37. The molecule has 1 aliphatic rings. The molecule has 7 heteroatoms. The third kappa shape index (κ3) is 3.66. The molecule has 26 heavy (non-hydrogen) atoms. The smallest absolute Gasteiger partial charge is 0.315 e. The molecule has 5 nitrogen and oxygen atoms in total. The van der Waals surface area contributed by atoms with Gasteiger partial charge >= 0.3 is 6.03 Å². The summed E-state index contributed by atoms with van der Waals surface area (Å²) in [6.45, 7) is 0. The first-order valence-corrected chi connectivity index (χ1v) is 8.36. The van der Waals surface area contributed by atoms with Gasteiger partial charge in [0.2, 0.25) is 0 Å². The molecule has 3 amide bonds. The van der Waals surface area contributed by atoms with Crippen molar-refractivity contribution < 1.29 is 18.4 Å². The minimum Gasteiger partial charge on any atom is -0.341 e.